The molecule has 0 saturated heterocycles. The van der Waals surface area contributed by atoms with Gasteiger partial charge >= 0.3 is 0 Å². The molecule has 74 valence electrons. The Labute approximate surface area is 81.7 Å². The van der Waals surface area contributed by atoms with E-state index in [4.69, 9.17) is 15.9 Å². The van der Waals surface area contributed by atoms with Gasteiger partial charge in [-0.2, -0.15) is 0 Å². The molecule has 1 rings (SSSR count). The lowest BCUT2D eigenvalue weighted by Crippen LogP contribution is -2.02. The second kappa shape index (κ2) is 4.85. The fourth-order valence-electron chi connectivity index (χ4n) is 0.891. The number of hydrogen-bond donors (Lipinski definition) is 3. The Morgan fingerprint density at radius 2 is 1.92 bits per heavy atom. The van der Waals surface area contributed by atoms with Gasteiger partial charge in [0.05, 0.1) is 0 Å². The zero-order valence-corrected chi connectivity index (χ0v) is 7.34. The van der Waals surface area contributed by atoms with Crippen LogP contribution in [-0.2, 0) is 6.42 Å². The molecule has 0 aliphatic rings. The molecule has 0 amide bonds. The van der Waals surface area contributed by atoms with Gasteiger partial charge in [-0.15, -0.1) is 12.4 Å². The van der Waals surface area contributed by atoms with Crippen molar-refractivity contribution in [2.45, 2.75) is 6.42 Å². The van der Waals surface area contributed by atoms with Crippen LogP contribution in [0.3, 0.4) is 0 Å². The Morgan fingerprint density at radius 3 is 2.42 bits per heavy atom. The fourth-order valence-corrected chi connectivity index (χ4v) is 0.891. The van der Waals surface area contributed by atoms with Crippen LogP contribution < -0.4 is 5.73 Å². The number of rotatable bonds is 2. The summed E-state index contributed by atoms with van der Waals surface area (Å²) in [6, 6.07) is 4.71. The van der Waals surface area contributed by atoms with Crippen LogP contribution in [-0.4, -0.2) is 16.8 Å². The van der Waals surface area contributed by atoms with Gasteiger partial charge in [0.25, 0.3) is 0 Å². The molecule has 0 unspecified atom stereocenters. The molecule has 0 radical (unpaired) electrons. The lowest BCUT2D eigenvalue weighted by Gasteiger charge is -2.00. The Kier molecular flexibility index (Phi) is 4.47. The van der Waals surface area contributed by atoms with E-state index in [1.54, 1.807) is 6.07 Å². The highest BCUT2D eigenvalue weighted by Crippen LogP contribution is 2.24. The van der Waals surface area contributed by atoms with Crippen LogP contribution in [0.25, 0.3) is 0 Å². The lowest BCUT2D eigenvalue weighted by molar-refractivity contribution is 0.403. The van der Waals surface area contributed by atoms with Crippen molar-refractivity contribution in [1.29, 1.82) is 0 Å². The summed E-state index contributed by atoms with van der Waals surface area (Å²) in [5, 5.41) is 18.0. The minimum atomic E-state index is -0.0919. The third kappa shape index (κ3) is 2.60. The lowest BCUT2D eigenvalue weighted by atomic mass is 10.1. The highest BCUT2D eigenvalue weighted by molar-refractivity contribution is 5.85. The second-order valence-electron chi connectivity index (χ2n) is 2.36. The summed E-state index contributed by atoms with van der Waals surface area (Å²) in [5.74, 6) is -0.179. The van der Waals surface area contributed by atoms with E-state index >= 15 is 0 Å². The van der Waals surface area contributed by atoms with Gasteiger partial charge in [0.2, 0.25) is 0 Å². The smallest absolute Gasteiger partial charge is 0.157 e. The minimum absolute atomic E-state index is 0. The molecule has 3 nitrogen and oxygen atoms in total. The van der Waals surface area contributed by atoms with Gasteiger partial charge in [-0.05, 0) is 30.7 Å². The van der Waals surface area contributed by atoms with Gasteiger partial charge in [0, 0.05) is 4.28 Å². The number of nitrogens with two attached hydrogens (primary N) is 1. The van der Waals surface area contributed by atoms with Crippen LogP contribution in [0.5, 0.6) is 11.5 Å². The molecule has 1 aromatic carbocycles. The topological polar surface area (TPSA) is 66.5 Å². The number of phenols is 2. The standard InChI is InChI=1S/C8H11NO2.ClH.3H2/c9-4-3-6-1-2-7(10)8(11)5-6;;;;/h1-2,5,10-11H,3-4,9H2;4*1H. The highest BCUT2D eigenvalue weighted by atomic mass is 35.5. The molecule has 4 N–H and O–H groups in total. The number of halogens is 1. The second-order valence-corrected chi connectivity index (χ2v) is 2.36. The molecular formula is C8H18ClNO2. The molecule has 0 aliphatic heterocycles. The molecule has 0 atom stereocenters. The van der Waals surface area contributed by atoms with E-state index in [2.05, 4.69) is 0 Å². The van der Waals surface area contributed by atoms with Gasteiger partial charge in [0.1, 0.15) is 0 Å². The first-order valence-electron chi connectivity index (χ1n) is 3.45. The van der Waals surface area contributed by atoms with Crippen LogP contribution in [0.1, 0.15) is 9.84 Å². The zero-order chi connectivity index (χ0) is 8.27. The molecular weight excluding hydrogens is 178 g/mol. The summed E-state index contributed by atoms with van der Waals surface area (Å²) in [5.41, 5.74) is 6.24. The zero-order valence-electron chi connectivity index (χ0n) is 6.53. The highest BCUT2D eigenvalue weighted by Gasteiger charge is 1.98. The Morgan fingerprint density at radius 1 is 1.25 bits per heavy atom. The first kappa shape index (κ1) is 11.1. The van der Waals surface area contributed by atoms with E-state index in [0.29, 0.717) is 13.0 Å². The maximum absolute atomic E-state index is 9.04. The molecule has 4 heteroatoms. The number of hydrogen-bond acceptors (Lipinski definition) is 3. The predicted molar refractivity (Wildman–Crippen MR) is 56.1 cm³/mol. The van der Waals surface area contributed by atoms with E-state index in [-0.39, 0.29) is 28.2 Å². The monoisotopic (exact) mass is 195 g/mol. The van der Waals surface area contributed by atoms with Crippen molar-refractivity contribution in [1.82, 2.24) is 0 Å². The van der Waals surface area contributed by atoms with Gasteiger partial charge in [-0.3, -0.25) is 0 Å². The van der Waals surface area contributed by atoms with E-state index in [9.17, 15) is 0 Å². The minimum Gasteiger partial charge on any atom is -0.504 e. The molecule has 0 heterocycles. The summed E-state index contributed by atoms with van der Waals surface area (Å²) in [7, 11) is 0. The summed E-state index contributed by atoms with van der Waals surface area (Å²) < 4.78 is 0. The SMILES string of the molecule is Cl.NCCc1ccc(O)c(O)c1.[HH].[HH].[HH]. The van der Waals surface area contributed by atoms with Crippen molar-refractivity contribution in [2.75, 3.05) is 6.54 Å². The summed E-state index contributed by atoms with van der Waals surface area (Å²) >= 11 is 0. The van der Waals surface area contributed by atoms with Gasteiger partial charge in [-0.25, -0.2) is 0 Å². The van der Waals surface area contributed by atoms with Crippen molar-refractivity contribution in [3.63, 3.8) is 0 Å². The van der Waals surface area contributed by atoms with Crippen LogP contribution in [0.2, 0.25) is 0 Å². The first-order valence-corrected chi connectivity index (χ1v) is 3.45. The van der Waals surface area contributed by atoms with Gasteiger partial charge in [-0.1, -0.05) is 6.07 Å². The molecule has 0 fully saturated rings. The van der Waals surface area contributed by atoms with Gasteiger partial charge < -0.3 is 15.9 Å². The van der Waals surface area contributed by atoms with Crippen molar-refractivity contribution in [3.8, 4) is 11.5 Å². The summed E-state index contributed by atoms with van der Waals surface area (Å²) in [6.45, 7) is 0.546. The van der Waals surface area contributed by atoms with Crippen molar-refractivity contribution in [3.05, 3.63) is 23.8 Å². The Hall–Kier alpha value is -0.930. The molecule has 0 saturated carbocycles. The van der Waals surface area contributed by atoms with Gasteiger partial charge in [0.15, 0.2) is 11.5 Å². The largest absolute Gasteiger partial charge is 0.504 e. The number of aromatic hydroxyl groups is 2. The van der Waals surface area contributed by atoms with Crippen molar-refractivity contribution < 1.29 is 14.5 Å². The third-order valence-corrected chi connectivity index (χ3v) is 1.47. The average Bonchev–Trinajstić information content (AvgIpc) is 1.98. The third-order valence-electron chi connectivity index (χ3n) is 1.47. The van der Waals surface area contributed by atoms with Crippen LogP contribution >= 0.6 is 12.4 Å². The average molecular weight is 196 g/mol. The van der Waals surface area contributed by atoms with E-state index in [1.165, 1.54) is 12.1 Å². The molecule has 0 aromatic heterocycles. The van der Waals surface area contributed by atoms with E-state index < -0.39 is 0 Å². The van der Waals surface area contributed by atoms with Crippen LogP contribution in [0, 0.1) is 0 Å². The molecule has 0 spiro atoms. The predicted octanol–water partition coefficient (Wildman–Crippen LogP) is 1.76. The maximum atomic E-state index is 9.04. The number of phenolic OH excluding ortho intramolecular Hbond substituents is 2. The fraction of sp³-hybridized carbons (Fsp3) is 0.250. The first-order chi connectivity index (χ1) is 5.24. The van der Waals surface area contributed by atoms with Crippen LogP contribution in [0.15, 0.2) is 18.2 Å². The molecule has 12 heavy (non-hydrogen) atoms. The van der Waals surface area contributed by atoms with Crippen molar-refractivity contribution >= 4 is 12.4 Å². The summed E-state index contributed by atoms with van der Waals surface area (Å²) in [4.78, 5) is 0. The Bertz CT molecular complexity index is 264. The van der Waals surface area contributed by atoms with Crippen molar-refractivity contribution in [2.24, 2.45) is 5.73 Å². The molecule has 0 aliphatic carbocycles. The molecule has 0 bridgehead atoms. The Balaban J connectivity index is -0.000000151. The summed E-state index contributed by atoms with van der Waals surface area (Å²) in [6.07, 6.45) is 0.716. The van der Waals surface area contributed by atoms with E-state index in [0.717, 1.165) is 5.56 Å². The quantitative estimate of drug-likeness (QED) is 0.630. The number of benzene rings is 1. The molecule has 1 aromatic rings. The maximum Gasteiger partial charge on any atom is 0.157 e. The van der Waals surface area contributed by atoms with E-state index in [1.807, 2.05) is 0 Å². The van der Waals surface area contributed by atoms with Crippen LogP contribution in [0.4, 0.5) is 0 Å². The normalized spacial score (nSPS) is 9.08.